The van der Waals surface area contributed by atoms with E-state index >= 15 is 0 Å². The van der Waals surface area contributed by atoms with E-state index in [4.69, 9.17) is 10.5 Å². The fraction of sp³-hybridized carbons (Fsp3) is 0.450. The van der Waals surface area contributed by atoms with Gasteiger partial charge in [-0.2, -0.15) is 13.2 Å². The molecule has 146 valence electrons. The summed E-state index contributed by atoms with van der Waals surface area (Å²) in [5.74, 6) is -0.820. The van der Waals surface area contributed by atoms with Gasteiger partial charge in [-0.05, 0) is 37.5 Å². The number of halogens is 3. The van der Waals surface area contributed by atoms with Crippen LogP contribution in [0.15, 0.2) is 47.7 Å². The Morgan fingerprint density at radius 2 is 1.96 bits per heavy atom. The zero-order chi connectivity index (χ0) is 19.6. The summed E-state index contributed by atoms with van der Waals surface area (Å²) in [7, 11) is 0. The first-order valence-electron chi connectivity index (χ1n) is 8.96. The van der Waals surface area contributed by atoms with Gasteiger partial charge in [-0.15, -0.1) is 0 Å². The molecular weight excluding hydrogens is 357 g/mol. The third kappa shape index (κ3) is 4.35. The second kappa shape index (κ2) is 7.76. The van der Waals surface area contributed by atoms with Gasteiger partial charge >= 0.3 is 6.18 Å². The van der Waals surface area contributed by atoms with Crippen LogP contribution in [0.2, 0.25) is 0 Å². The Labute approximate surface area is 156 Å². The van der Waals surface area contributed by atoms with Gasteiger partial charge in [0.15, 0.2) is 0 Å². The zero-order valence-corrected chi connectivity index (χ0v) is 15.1. The minimum absolute atomic E-state index is 0.112. The van der Waals surface area contributed by atoms with Crippen LogP contribution in [0.25, 0.3) is 0 Å². The third-order valence-electron chi connectivity index (χ3n) is 5.10. The molecule has 0 unspecified atom stereocenters. The fourth-order valence-electron chi connectivity index (χ4n) is 3.75. The van der Waals surface area contributed by atoms with Crippen molar-refractivity contribution in [1.82, 2.24) is 4.90 Å². The predicted molar refractivity (Wildman–Crippen MR) is 95.6 cm³/mol. The van der Waals surface area contributed by atoms with Gasteiger partial charge in [0.05, 0.1) is 12.6 Å². The number of nitrogens with two attached hydrogens (primary N) is 1. The number of ether oxygens (including phenoxy) is 1. The van der Waals surface area contributed by atoms with Gasteiger partial charge in [-0.3, -0.25) is 4.79 Å². The Balaban J connectivity index is 2.05. The summed E-state index contributed by atoms with van der Waals surface area (Å²) in [5.41, 5.74) is 6.56. The zero-order valence-electron chi connectivity index (χ0n) is 15.1. The first-order chi connectivity index (χ1) is 12.8. The summed E-state index contributed by atoms with van der Waals surface area (Å²) >= 11 is 0. The van der Waals surface area contributed by atoms with Gasteiger partial charge in [-0.25, -0.2) is 0 Å². The lowest BCUT2D eigenvalue weighted by atomic mass is 9.86. The maximum atomic E-state index is 13.7. The normalized spacial score (nSPS) is 22.1. The number of carbonyl (C=O) groups excluding carboxylic acids is 1. The second-order valence-corrected chi connectivity index (χ2v) is 7.07. The van der Waals surface area contributed by atoms with Gasteiger partial charge in [0.25, 0.3) is 0 Å². The molecule has 3 rings (SSSR count). The first kappa shape index (κ1) is 19.5. The lowest BCUT2D eigenvalue weighted by Gasteiger charge is -2.43. The molecular formula is C20H23F3N2O2. The summed E-state index contributed by atoms with van der Waals surface area (Å²) in [5, 5.41) is 0. The molecule has 1 saturated heterocycles. The predicted octanol–water partition coefficient (Wildman–Crippen LogP) is 3.64. The molecule has 0 aliphatic carbocycles. The molecule has 27 heavy (non-hydrogen) atoms. The van der Waals surface area contributed by atoms with E-state index < -0.39 is 23.8 Å². The summed E-state index contributed by atoms with van der Waals surface area (Å²) in [6.07, 6.45) is -0.849. The van der Waals surface area contributed by atoms with Crippen LogP contribution in [0.3, 0.4) is 0 Å². The standard InChI is InChI=1S/C20H23F3N2O2/c1-13-4-6-14(7-5-13)18(16-3-2-10-27-12-16)25-11-15(19(24)26)8-9-17(25)20(21,22)23/h4-9,16,18H,2-3,10-12H2,1H3,(H2,24,26)/t16-,18+/m1/s1. The minimum atomic E-state index is -4.53. The molecule has 7 heteroatoms. The van der Waals surface area contributed by atoms with Crippen LogP contribution in [-0.2, 0) is 9.53 Å². The molecule has 4 nitrogen and oxygen atoms in total. The van der Waals surface area contributed by atoms with E-state index in [1.165, 1.54) is 11.0 Å². The SMILES string of the molecule is Cc1ccc([C@@H]([C@@H]2CCCOC2)N2CC(C(N)=O)=CC=C2C(F)(F)F)cc1. The van der Waals surface area contributed by atoms with E-state index in [9.17, 15) is 18.0 Å². The van der Waals surface area contributed by atoms with Crippen LogP contribution in [0, 0.1) is 12.8 Å². The number of aryl methyl sites for hydroxylation is 1. The van der Waals surface area contributed by atoms with Crippen molar-refractivity contribution in [3.63, 3.8) is 0 Å². The van der Waals surface area contributed by atoms with E-state index in [2.05, 4.69) is 0 Å². The van der Waals surface area contributed by atoms with Crippen LogP contribution in [0.5, 0.6) is 0 Å². The van der Waals surface area contributed by atoms with Crippen molar-refractivity contribution in [2.45, 2.75) is 32.0 Å². The molecule has 2 N–H and O–H groups in total. The Morgan fingerprint density at radius 3 is 2.52 bits per heavy atom. The second-order valence-electron chi connectivity index (χ2n) is 7.07. The molecule has 1 aromatic carbocycles. The molecule has 0 saturated carbocycles. The molecule has 2 aliphatic rings. The molecule has 1 aromatic rings. The molecule has 0 radical (unpaired) electrons. The van der Waals surface area contributed by atoms with Gasteiger partial charge < -0.3 is 15.4 Å². The number of hydrogen-bond acceptors (Lipinski definition) is 3. The number of nitrogens with zero attached hydrogens (tertiary/aromatic N) is 1. The Bertz CT molecular complexity index is 747. The van der Waals surface area contributed by atoms with Gasteiger partial charge in [-0.1, -0.05) is 29.8 Å². The summed E-state index contributed by atoms with van der Waals surface area (Å²) in [6.45, 7) is 2.76. The number of hydrogen-bond donors (Lipinski definition) is 1. The number of alkyl halides is 3. The van der Waals surface area contributed by atoms with Gasteiger partial charge in [0.1, 0.15) is 5.70 Å². The van der Waals surface area contributed by atoms with Crippen molar-refractivity contribution in [3.05, 3.63) is 58.8 Å². The summed E-state index contributed by atoms with van der Waals surface area (Å²) in [6, 6.07) is 6.92. The highest BCUT2D eigenvalue weighted by molar-refractivity contribution is 5.93. The maximum absolute atomic E-state index is 13.7. The highest BCUT2D eigenvalue weighted by Gasteiger charge is 2.44. The number of benzene rings is 1. The van der Waals surface area contributed by atoms with Gasteiger partial charge in [0, 0.05) is 24.6 Å². The number of allylic oxidation sites excluding steroid dienone is 3. The molecule has 1 fully saturated rings. The number of carbonyl (C=O) groups is 1. The van der Waals surface area contributed by atoms with Crippen LogP contribution in [0.4, 0.5) is 13.2 Å². The van der Waals surface area contributed by atoms with Crippen LogP contribution in [-0.4, -0.2) is 36.7 Å². The Hall–Kier alpha value is -2.28. The van der Waals surface area contributed by atoms with Gasteiger partial charge in [0.2, 0.25) is 5.91 Å². The molecule has 2 aliphatic heterocycles. The molecule has 0 bridgehead atoms. The molecule has 0 aromatic heterocycles. The van der Waals surface area contributed by atoms with E-state index in [1.54, 1.807) is 0 Å². The largest absolute Gasteiger partial charge is 0.431 e. The van der Waals surface area contributed by atoms with E-state index in [1.807, 2.05) is 31.2 Å². The van der Waals surface area contributed by atoms with E-state index in [0.717, 1.165) is 30.0 Å². The number of amides is 1. The van der Waals surface area contributed by atoms with E-state index in [-0.39, 0.29) is 18.0 Å². The van der Waals surface area contributed by atoms with Crippen molar-refractivity contribution in [3.8, 4) is 0 Å². The average molecular weight is 380 g/mol. The summed E-state index contributed by atoms with van der Waals surface area (Å²) in [4.78, 5) is 12.9. The molecule has 2 atom stereocenters. The summed E-state index contributed by atoms with van der Waals surface area (Å²) < 4.78 is 46.8. The van der Waals surface area contributed by atoms with Crippen molar-refractivity contribution < 1.29 is 22.7 Å². The first-order valence-corrected chi connectivity index (χ1v) is 8.96. The smallest absolute Gasteiger partial charge is 0.381 e. The highest BCUT2D eigenvalue weighted by atomic mass is 19.4. The lowest BCUT2D eigenvalue weighted by molar-refractivity contribution is -0.122. The topological polar surface area (TPSA) is 55.6 Å². The van der Waals surface area contributed by atoms with E-state index in [0.29, 0.717) is 13.2 Å². The monoisotopic (exact) mass is 380 g/mol. The average Bonchev–Trinajstić information content (AvgIpc) is 2.63. The number of primary amides is 1. The Morgan fingerprint density at radius 1 is 1.26 bits per heavy atom. The Kier molecular flexibility index (Phi) is 5.60. The van der Waals surface area contributed by atoms with Crippen molar-refractivity contribution in [2.75, 3.05) is 19.8 Å². The lowest BCUT2D eigenvalue weighted by Crippen LogP contribution is -2.44. The molecule has 2 heterocycles. The number of rotatable bonds is 4. The quantitative estimate of drug-likeness (QED) is 0.868. The maximum Gasteiger partial charge on any atom is 0.431 e. The minimum Gasteiger partial charge on any atom is -0.381 e. The van der Waals surface area contributed by atoms with Crippen LogP contribution < -0.4 is 5.73 Å². The van der Waals surface area contributed by atoms with Crippen molar-refractivity contribution in [2.24, 2.45) is 11.7 Å². The molecule has 1 amide bonds. The van der Waals surface area contributed by atoms with Crippen molar-refractivity contribution >= 4 is 5.91 Å². The third-order valence-corrected chi connectivity index (χ3v) is 5.10. The van der Waals surface area contributed by atoms with Crippen LogP contribution in [0.1, 0.15) is 30.0 Å². The van der Waals surface area contributed by atoms with Crippen molar-refractivity contribution in [1.29, 1.82) is 0 Å². The molecule has 0 spiro atoms. The van der Waals surface area contributed by atoms with Crippen LogP contribution >= 0.6 is 0 Å². The fourth-order valence-corrected chi connectivity index (χ4v) is 3.75. The highest BCUT2D eigenvalue weighted by Crippen LogP contribution is 2.42.